The Labute approximate surface area is 154 Å². The Morgan fingerprint density at radius 2 is 1.69 bits per heavy atom. The maximum absolute atomic E-state index is 13.0. The van der Waals surface area contributed by atoms with Gasteiger partial charge in [0.25, 0.3) is 5.91 Å². The van der Waals surface area contributed by atoms with Gasteiger partial charge in [-0.25, -0.2) is 0 Å². The third kappa shape index (κ3) is 2.85. The molecular weight excluding hydrogens is 324 g/mol. The standard InChI is InChI=1S/C22H24N2O2/c1-15-8-9-16(2)19(14-15)23-10-12-24(13-11-23)22(25)21-17(3)18-6-4-5-7-20(18)26-21/h4-9,14H,10-13H2,1-3H3. The van der Waals surface area contributed by atoms with Crippen LogP contribution in [0, 0.1) is 20.8 Å². The number of nitrogens with zero attached hydrogens (tertiary/aromatic N) is 2. The van der Waals surface area contributed by atoms with Crippen LogP contribution in [-0.4, -0.2) is 37.0 Å². The number of amides is 1. The van der Waals surface area contributed by atoms with Crippen molar-refractivity contribution in [1.29, 1.82) is 0 Å². The molecule has 0 unspecified atom stereocenters. The molecule has 0 spiro atoms. The number of para-hydroxylation sites is 1. The van der Waals surface area contributed by atoms with Crippen molar-refractivity contribution in [2.75, 3.05) is 31.1 Å². The van der Waals surface area contributed by atoms with Crippen molar-refractivity contribution >= 4 is 22.6 Å². The normalized spacial score (nSPS) is 14.9. The number of furan rings is 1. The van der Waals surface area contributed by atoms with Crippen LogP contribution in [0.15, 0.2) is 46.9 Å². The Balaban J connectivity index is 1.51. The minimum absolute atomic E-state index is 0.000635. The summed E-state index contributed by atoms with van der Waals surface area (Å²) in [7, 11) is 0. The molecule has 2 aromatic carbocycles. The first kappa shape index (κ1) is 16.7. The number of benzene rings is 2. The maximum atomic E-state index is 13.0. The topological polar surface area (TPSA) is 36.7 Å². The molecule has 4 heteroatoms. The molecule has 26 heavy (non-hydrogen) atoms. The third-order valence-corrected chi connectivity index (χ3v) is 5.31. The largest absolute Gasteiger partial charge is 0.451 e. The highest BCUT2D eigenvalue weighted by Gasteiger charge is 2.27. The van der Waals surface area contributed by atoms with E-state index in [9.17, 15) is 4.79 Å². The maximum Gasteiger partial charge on any atom is 0.290 e. The summed E-state index contributed by atoms with van der Waals surface area (Å²) in [5.74, 6) is 0.478. The number of aryl methyl sites for hydroxylation is 3. The molecule has 0 saturated carbocycles. The lowest BCUT2D eigenvalue weighted by atomic mass is 10.1. The molecule has 1 amide bonds. The van der Waals surface area contributed by atoms with E-state index in [1.807, 2.05) is 36.1 Å². The monoisotopic (exact) mass is 348 g/mol. The first-order valence-corrected chi connectivity index (χ1v) is 9.14. The molecule has 1 aliphatic heterocycles. The Morgan fingerprint density at radius 1 is 0.962 bits per heavy atom. The molecule has 0 radical (unpaired) electrons. The second-order valence-corrected chi connectivity index (χ2v) is 7.12. The molecule has 1 fully saturated rings. The number of hydrogen-bond acceptors (Lipinski definition) is 3. The van der Waals surface area contributed by atoms with Gasteiger partial charge in [0, 0.05) is 42.8 Å². The van der Waals surface area contributed by atoms with Crippen LogP contribution in [0.3, 0.4) is 0 Å². The molecule has 1 aliphatic rings. The Kier molecular flexibility index (Phi) is 4.19. The zero-order valence-corrected chi connectivity index (χ0v) is 15.6. The summed E-state index contributed by atoms with van der Waals surface area (Å²) in [6.07, 6.45) is 0. The highest BCUT2D eigenvalue weighted by Crippen LogP contribution is 2.27. The summed E-state index contributed by atoms with van der Waals surface area (Å²) in [5, 5.41) is 1.02. The van der Waals surface area contributed by atoms with Gasteiger partial charge < -0.3 is 14.2 Å². The van der Waals surface area contributed by atoms with Crippen molar-refractivity contribution in [2.24, 2.45) is 0 Å². The molecule has 1 aromatic heterocycles. The highest BCUT2D eigenvalue weighted by molar-refractivity contribution is 5.99. The van der Waals surface area contributed by atoms with E-state index in [-0.39, 0.29) is 5.91 Å². The SMILES string of the molecule is Cc1ccc(C)c(N2CCN(C(=O)c3oc4ccccc4c3C)CC2)c1. The van der Waals surface area contributed by atoms with Gasteiger partial charge >= 0.3 is 0 Å². The number of anilines is 1. The van der Waals surface area contributed by atoms with Crippen LogP contribution < -0.4 is 4.90 Å². The average Bonchev–Trinajstić information content (AvgIpc) is 3.00. The molecule has 0 atom stereocenters. The number of rotatable bonds is 2. The zero-order valence-electron chi connectivity index (χ0n) is 15.6. The van der Waals surface area contributed by atoms with Crippen molar-refractivity contribution < 1.29 is 9.21 Å². The summed E-state index contributed by atoms with van der Waals surface area (Å²) >= 11 is 0. The van der Waals surface area contributed by atoms with E-state index in [1.54, 1.807) is 0 Å². The Morgan fingerprint density at radius 3 is 2.42 bits per heavy atom. The molecular formula is C22H24N2O2. The van der Waals surface area contributed by atoms with E-state index >= 15 is 0 Å². The van der Waals surface area contributed by atoms with Gasteiger partial charge in [0.2, 0.25) is 0 Å². The fourth-order valence-corrected chi connectivity index (χ4v) is 3.73. The highest BCUT2D eigenvalue weighted by atomic mass is 16.3. The minimum Gasteiger partial charge on any atom is -0.451 e. The number of carbonyl (C=O) groups is 1. The molecule has 4 nitrogen and oxygen atoms in total. The third-order valence-electron chi connectivity index (χ3n) is 5.31. The van der Waals surface area contributed by atoms with Gasteiger partial charge in [-0.05, 0) is 44.0 Å². The first-order valence-electron chi connectivity index (χ1n) is 9.14. The van der Waals surface area contributed by atoms with Gasteiger partial charge in [0.15, 0.2) is 5.76 Å². The number of hydrogen-bond donors (Lipinski definition) is 0. The van der Waals surface area contributed by atoms with Crippen LogP contribution in [0.1, 0.15) is 27.2 Å². The summed E-state index contributed by atoms with van der Waals surface area (Å²) in [6, 6.07) is 14.4. The van der Waals surface area contributed by atoms with Gasteiger partial charge in [-0.1, -0.05) is 30.3 Å². The van der Waals surface area contributed by atoms with Crippen molar-refractivity contribution in [3.8, 4) is 0 Å². The second kappa shape index (κ2) is 6.52. The summed E-state index contributed by atoms with van der Waals surface area (Å²) in [4.78, 5) is 17.2. The minimum atomic E-state index is -0.000635. The summed E-state index contributed by atoms with van der Waals surface area (Å²) < 4.78 is 5.86. The van der Waals surface area contributed by atoms with Gasteiger partial charge in [0.05, 0.1) is 0 Å². The molecule has 0 bridgehead atoms. The first-order chi connectivity index (χ1) is 12.5. The van der Waals surface area contributed by atoms with Crippen molar-refractivity contribution in [3.63, 3.8) is 0 Å². The lowest BCUT2D eigenvalue weighted by Gasteiger charge is -2.36. The van der Waals surface area contributed by atoms with Gasteiger partial charge in [-0.2, -0.15) is 0 Å². The fourth-order valence-electron chi connectivity index (χ4n) is 3.73. The van der Waals surface area contributed by atoms with Gasteiger partial charge in [-0.15, -0.1) is 0 Å². The molecule has 0 aliphatic carbocycles. The van der Waals surface area contributed by atoms with E-state index in [1.165, 1.54) is 16.8 Å². The number of carbonyl (C=O) groups excluding carboxylic acids is 1. The Bertz CT molecular complexity index is 965. The Hall–Kier alpha value is -2.75. The lowest BCUT2D eigenvalue weighted by Crippen LogP contribution is -2.49. The van der Waals surface area contributed by atoms with Crippen LogP contribution >= 0.6 is 0 Å². The molecule has 3 aromatic rings. The number of piperazine rings is 1. The van der Waals surface area contributed by atoms with Crippen LogP contribution in [0.4, 0.5) is 5.69 Å². The lowest BCUT2D eigenvalue weighted by molar-refractivity contribution is 0.0716. The average molecular weight is 348 g/mol. The van der Waals surface area contributed by atoms with E-state index in [2.05, 4.69) is 36.9 Å². The van der Waals surface area contributed by atoms with E-state index in [4.69, 9.17) is 4.42 Å². The van der Waals surface area contributed by atoms with Crippen LogP contribution in [-0.2, 0) is 0 Å². The molecule has 134 valence electrons. The molecule has 1 saturated heterocycles. The van der Waals surface area contributed by atoms with E-state index in [0.717, 1.165) is 29.6 Å². The molecule has 2 heterocycles. The smallest absolute Gasteiger partial charge is 0.290 e. The predicted octanol–water partition coefficient (Wildman–Crippen LogP) is 4.32. The van der Waals surface area contributed by atoms with Crippen LogP contribution in [0.25, 0.3) is 11.0 Å². The second-order valence-electron chi connectivity index (χ2n) is 7.12. The summed E-state index contributed by atoms with van der Waals surface area (Å²) in [6.45, 7) is 9.33. The fraction of sp³-hybridized carbons (Fsp3) is 0.318. The van der Waals surface area contributed by atoms with Crippen LogP contribution in [0.2, 0.25) is 0 Å². The molecule has 0 N–H and O–H groups in total. The van der Waals surface area contributed by atoms with Gasteiger partial charge in [-0.3, -0.25) is 4.79 Å². The van der Waals surface area contributed by atoms with Gasteiger partial charge in [0.1, 0.15) is 5.58 Å². The molecule has 4 rings (SSSR count). The van der Waals surface area contributed by atoms with Crippen molar-refractivity contribution in [2.45, 2.75) is 20.8 Å². The number of fused-ring (bicyclic) bond motifs is 1. The van der Waals surface area contributed by atoms with E-state index in [0.29, 0.717) is 18.8 Å². The zero-order chi connectivity index (χ0) is 18.3. The van der Waals surface area contributed by atoms with Crippen molar-refractivity contribution in [3.05, 3.63) is 64.9 Å². The quantitative estimate of drug-likeness (QED) is 0.692. The van der Waals surface area contributed by atoms with E-state index < -0.39 is 0 Å². The predicted molar refractivity (Wildman–Crippen MR) is 105 cm³/mol. The van der Waals surface area contributed by atoms with Crippen molar-refractivity contribution in [1.82, 2.24) is 4.90 Å². The summed E-state index contributed by atoms with van der Waals surface area (Å²) in [5.41, 5.74) is 5.53. The van der Waals surface area contributed by atoms with Crippen LogP contribution in [0.5, 0.6) is 0 Å².